The van der Waals surface area contributed by atoms with Gasteiger partial charge in [-0.05, 0) is 55.5 Å². The average Bonchev–Trinajstić information content (AvgIpc) is 3.27. The van der Waals surface area contributed by atoms with Gasteiger partial charge >= 0.3 is 18.5 Å². The van der Waals surface area contributed by atoms with Crippen molar-refractivity contribution in [1.29, 1.82) is 0 Å². The number of carbonyl (C=O) groups excluding carboxylic acids is 2. The van der Waals surface area contributed by atoms with Crippen molar-refractivity contribution in [1.82, 2.24) is 9.78 Å². The van der Waals surface area contributed by atoms with Crippen LogP contribution in [-0.4, -0.2) is 34.6 Å². The number of rotatable bonds is 6. The third-order valence-electron chi connectivity index (χ3n) is 5.14. The third kappa shape index (κ3) is 6.03. The molecule has 0 saturated carbocycles. The molecule has 0 radical (unpaired) electrons. The van der Waals surface area contributed by atoms with Crippen LogP contribution in [-0.2, 0) is 10.9 Å². The molecule has 0 atom stereocenters. The summed E-state index contributed by atoms with van der Waals surface area (Å²) in [5.74, 6) is -2.31. The Morgan fingerprint density at radius 3 is 2.21 bits per heavy atom. The van der Waals surface area contributed by atoms with Crippen LogP contribution >= 0.6 is 11.3 Å². The Balaban J connectivity index is 1.77. The van der Waals surface area contributed by atoms with Gasteiger partial charge in [-0.2, -0.15) is 23.0 Å². The van der Waals surface area contributed by atoms with E-state index >= 15 is 0 Å². The zero-order chi connectivity index (χ0) is 28.5. The number of hydrogen-bond donors (Lipinski definition) is 1. The van der Waals surface area contributed by atoms with E-state index in [0.29, 0.717) is 0 Å². The number of nitrogens with one attached hydrogen (secondary N) is 1. The molecule has 0 bridgehead atoms. The fraction of sp³-hybridized carbons (Fsp3) is 0.167. The molecule has 0 fully saturated rings. The van der Waals surface area contributed by atoms with Crippen LogP contribution in [0.5, 0.6) is 5.75 Å². The number of amides is 1. The molecule has 39 heavy (non-hydrogen) atoms. The quantitative estimate of drug-likeness (QED) is 0.232. The maximum Gasteiger partial charge on any atom is 0.573 e. The lowest BCUT2D eigenvalue weighted by Crippen LogP contribution is -2.25. The summed E-state index contributed by atoms with van der Waals surface area (Å²) in [6.07, 6.45) is -9.54. The molecule has 4 aromatic rings. The Morgan fingerprint density at radius 1 is 1.00 bits per heavy atom. The molecule has 4 rings (SSSR count). The molecular weight excluding hydrogens is 556 g/mol. The van der Waals surface area contributed by atoms with E-state index in [4.69, 9.17) is 4.74 Å². The summed E-state index contributed by atoms with van der Waals surface area (Å²) in [5, 5.41) is 7.66. The molecule has 0 unspecified atom stereocenters. The number of anilines is 1. The van der Waals surface area contributed by atoms with Gasteiger partial charge < -0.3 is 14.8 Å². The van der Waals surface area contributed by atoms with E-state index < -0.39 is 41.3 Å². The molecule has 0 aliphatic carbocycles. The van der Waals surface area contributed by atoms with Gasteiger partial charge in [-0.15, -0.1) is 24.5 Å². The van der Waals surface area contributed by atoms with Crippen molar-refractivity contribution in [2.45, 2.75) is 19.5 Å². The van der Waals surface area contributed by atoms with E-state index in [2.05, 4.69) is 15.2 Å². The molecule has 8 nitrogen and oxygen atoms in total. The number of fused-ring (bicyclic) bond motifs is 1. The highest BCUT2D eigenvalue weighted by Crippen LogP contribution is 2.32. The van der Waals surface area contributed by atoms with Crippen molar-refractivity contribution in [2.75, 3.05) is 11.9 Å². The van der Waals surface area contributed by atoms with Gasteiger partial charge in [0.2, 0.25) is 0 Å². The van der Waals surface area contributed by atoms with E-state index in [1.165, 1.54) is 12.3 Å². The zero-order valence-corrected chi connectivity index (χ0v) is 20.3. The second kappa shape index (κ2) is 10.4. The largest absolute Gasteiger partial charge is 0.573 e. The lowest BCUT2D eigenvalue weighted by molar-refractivity contribution is -0.274. The van der Waals surface area contributed by atoms with Crippen LogP contribution < -0.4 is 15.6 Å². The van der Waals surface area contributed by atoms with Crippen molar-refractivity contribution in [2.24, 2.45) is 0 Å². The van der Waals surface area contributed by atoms with Crippen molar-refractivity contribution in [3.8, 4) is 11.4 Å². The normalized spacial score (nSPS) is 11.9. The van der Waals surface area contributed by atoms with Gasteiger partial charge in [-0.25, -0.2) is 4.79 Å². The van der Waals surface area contributed by atoms with Crippen LogP contribution in [0.1, 0.15) is 33.3 Å². The van der Waals surface area contributed by atoms with Gasteiger partial charge in [-0.3, -0.25) is 9.59 Å². The van der Waals surface area contributed by atoms with Gasteiger partial charge in [-0.1, -0.05) is 0 Å². The predicted octanol–water partition coefficient (Wildman–Crippen LogP) is 5.79. The fourth-order valence-electron chi connectivity index (χ4n) is 3.44. The summed E-state index contributed by atoms with van der Waals surface area (Å²) in [6, 6.07) is 7.45. The molecule has 0 aliphatic heterocycles. The summed E-state index contributed by atoms with van der Waals surface area (Å²) < 4.78 is 85.6. The van der Waals surface area contributed by atoms with Crippen molar-refractivity contribution >= 4 is 39.0 Å². The van der Waals surface area contributed by atoms with Crippen LogP contribution in [0.2, 0.25) is 0 Å². The monoisotopic (exact) mass is 571 g/mol. The Labute approximate surface area is 218 Å². The fourth-order valence-corrected chi connectivity index (χ4v) is 4.37. The molecule has 2 heterocycles. The van der Waals surface area contributed by atoms with E-state index in [9.17, 15) is 40.7 Å². The predicted molar refractivity (Wildman–Crippen MR) is 127 cm³/mol. The second-order valence-corrected chi connectivity index (χ2v) is 8.59. The van der Waals surface area contributed by atoms with Crippen LogP contribution in [0, 0.1) is 0 Å². The minimum absolute atomic E-state index is 0.0273. The Morgan fingerprint density at radius 2 is 1.64 bits per heavy atom. The lowest BCUT2D eigenvalue weighted by Gasteiger charge is -2.12. The van der Waals surface area contributed by atoms with Crippen molar-refractivity contribution < 1.29 is 45.4 Å². The Kier molecular flexibility index (Phi) is 7.37. The number of hydrogen-bond acceptors (Lipinski definition) is 7. The molecule has 2 aromatic heterocycles. The van der Waals surface area contributed by atoms with Gasteiger partial charge in [0.1, 0.15) is 10.8 Å². The topological polar surface area (TPSA) is 99.5 Å². The summed E-state index contributed by atoms with van der Waals surface area (Å²) >= 11 is 0.852. The maximum absolute atomic E-state index is 13.4. The van der Waals surface area contributed by atoms with Gasteiger partial charge in [0.05, 0.1) is 23.2 Å². The van der Waals surface area contributed by atoms with E-state index in [0.717, 1.165) is 64.5 Å². The second-order valence-electron chi connectivity index (χ2n) is 7.71. The van der Waals surface area contributed by atoms with Crippen LogP contribution in [0.4, 0.5) is 31.3 Å². The Bertz CT molecular complexity index is 1590. The highest BCUT2D eigenvalue weighted by molar-refractivity contribution is 7.16. The van der Waals surface area contributed by atoms with Crippen molar-refractivity contribution in [3.63, 3.8) is 0 Å². The number of benzene rings is 2. The number of esters is 1. The first-order valence-electron chi connectivity index (χ1n) is 10.8. The Hall–Kier alpha value is -4.40. The standard InChI is InChI=1S/C24H15F6N3O5S/c1-2-37-22(36)18-16-11-39-20(31-19(34)12-3-5-13(6-4-12)23(25,26)27)17(16)21(35)33(32-18)14-7-9-15(10-8-14)38-24(28,29)30/h3-11H,2H2,1H3,(H,31,34). The molecule has 2 aromatic carbocycles. The summed E-state index contributed by atoms with van der Waals surface area (Å²) in [5.41, 5.74) is -2.28. The number of aromatic nitrogens is 2. The summed E-state index contributed by atoms with van der Waals surface area (Å²) in [4.78, 5) is 38.8. The summed E-state index contributed by atoms with van der Waals surface area (Å²) in [6.45, 7) is 1.50. The molecule has 15 heteroatoms. The van der Waals surface area contributed by atoms with E-state index in [-0.39, 0.29) is 39.3 Å². The number of carbonyl (C=O) groups is 2. The highest BCUT2D eigenvalue weighted by Gasteiger charge is 2.32. The third-order valence-corrected chi connectivity index (χ3v) is 6.03. The minimum atomic E-state index is -4.94. The van der Waals surface area contributed by atoms with Crippen LogP contribution in [0.25, 0.3) is 16.5 Å². The number of alkyl halides is 6. The zero-order valence-electron chi connectivity index (χ0n) is 19.5. The van der Waals surface area contributed by atoms with Gasteiger partial charge in [0.15, 0.2) is 5.69 Å². The van der Waals surface area contributed by atoms with E-state index in [1.54, 1.807) is 0 Å². The van der Waals surface area contributed by atoms with Gasteiger partial charge in [0.25, 0.3) is 11.5 Å². The van der Waals surface area contributed by atoms with Crippen LogP contribution in [0.15, 0.2) is 58.7 Å². The smallest absolute Gasteiger partial charge is 0.461 e. The summed E-state index contributed by atoms with van der Waals surface area (Å²) in [7, 11) is 0. The first kappa shape index (κ1) is 27.6. The number of nitrogens with zero attached hydrogens (tertiary/aromatic N) is 2. The molecule has 0 saturated heterocycles. The number of ether oxygens (including phenoxy) is 2. The molecule has 0 aliphatic rings. The molecule has 0 spiro atoms. The SMILES string of the molecule is CCOC(=O)c1nn(-c2ccc(OC(F)(F)F)cc2)c(=O)c2c(NC(=O)c3ccc(C(F)(F)F)cc3)scc12. The average molecular weight is 571 g/mol. The first-order chi connectivity index (χ1) is 18.3. The van der Waals surface area contributed by atoms with Crippen LogP contribution in [0.3, 0.4) is 0 Å². The maximum atomic E-state index is 13.4. The molecule has 1 amide bonds. The lowest BCUT2D eigenvalue weighted by atomic mass is 10.1. The highest BCUT2D eigenvalue weighted by atomic mass is 32.1. The van der Waals surface area contributed by atoms with E-state index in [1.807, 2.05) is 0 Å². The first-order valence-corrected chi connectivity index (χ1v) is 11.7. The van der Waals surface area contributed by atoms with Gasteiger partial charge in [0, 0.05) is 16.3 Å². The molecule has 204 valence electrons. The molecular formula is C24H15F6N3O5S. The minimum Gasteiger partial charge on any atom is -0.461 e. The molecule has 1 N–H and O–H groups in total. The number of thiophene rings is 1. The number of halogens is 6. The van der Waals surface area contributed by atoms with Crippen molar-refractivity contribution in [3.05, 3.63) is 81.1 Å².